The third kappa shape index (κ3) is 2.64. The van der Waals surface area contributed by atoms with Gasteiger partial charge in [-0.05, 0) is 17.7 Å². The molecule has 1 aromatic carbocycles. The van der Waals surface area contributed by atoms with Gasteiger partial charge >= 0.3 is 0 Å². The summed E-state index contributed by atoms with van der Waals surface area (Å²) in [5.74, 6) is 0.611. The van der Waals surface area contributed by atoms with Gasteiger partial charge in [0, 0.05) is 6.42 Å². The lowest BCUT2D eigenvalue weighted by Gasteiger charge is -1.95. The minimum atomic E-state index is -0.281. The summed E-state index contributed by atoms with van der Waals surface area (Å²) in [6.45, 7) is -0.0262. The number of hydrogen-bond acceptors (Lipinski definition) is 4. The van der Waals surface area contributed by atoms with Crippen molar-refractivity contribution in [1.82, 2.24) is 10.1 Å². The van der Waals surface area contributed by atoms with Gasteiger partial charge in [-0.1, -0.05) is 17.3 Å². The van der Waals surface area contributed by atoms with E-state index in [1.54, 1.807) is 12.1 Å². The highest BCUT2D eigenvalue weighted by Gasteiger charge is 2.06. The molecule has 16 heavy (non-hydrogen) atoms. The lowest BCUT2D eigenvalue weighted by atomic mass is 10.1. The first kappa shape index (κ1) is 10.8. The summed E-state index contributed by atoms with van der Waals surface area (Å²) < 4.78 is 17.8. The lowest BCUT2D eigenvalue weighted by molar-refractivity contribution is 0.274. The monoisotopic (exact) mass is 222 g/mol. The lowest BCUT2D eigenvalue weighted by Crippen LogP contribution is -1.93. The molecule has 4 nitrogen and oxygen atoms in total. The Kier molecular flexibility index (Phi) is 3.26. The number of aliphatic hydroxyl groups excluding tert-OH is 1. The zero-order valence-corrected chi connectivity index (χ0v) is 8.56. The molecule has 0 spiro atoms. The maximum Gasteiger partial charge on any atom is 0.228 e. The summed E-state index contributed by atoms with van der Waals surface area (Å²) in [5, 5.41) is 12.4. The first-order valence-corrected chi connectivity index (χ1v) is 4.94. The van der Waals surface area contributed by atoms with E-state index in [0.717, 1.165) is 5.56 Å². The van der Waals surface area contributed by atoms with Crippen LogP contribution in [-0.2, 0) is 12.8 Å². The Balaban J connectivity index is 2.08. The Labute approximate surface area is 91.7 Å². The van der Waals surface area contributed by atoms with Gasteiger partial charge in [-0.2, -0.15) is 4.98 Å². The van der Waals surface area contributed by atoms with Crippen LogP contribution in [0, 0.1) is 5.82 Å². The highest BCUT2D eigenvalue weighted by Crippen LogP contribution is 2.08. The van der Waals surface area contributed by atoms with Crippen molar-refractivity contribution in [1.29, 1.82) is 0 Å². The van der Waals surface area contributed by atoms with E-state index in [9.17, 15) is 4.39 Å². The molecule has 0 saturated heterocycles. The predicted octanol–water partition coefficient (Wildman–Crippen LogP) is 1.33. The van der Waals surface area contributed by atoms with Crippen LogP contribution in [0.2, 0.25) is 0 Å². The third-order valence-electron chi connectivity index (χ3n) is 2.09. The van der Waals surface area contributed by atoms with Gasteiger partial charge in [-0.15, -0.1) is 0 Å². The molecular formula is C11H11FN2O2. The normalized spacial score (nSPS) is 10.6. The van der Waals surface area contributed by atoms with E-state index in [4.69, 9.17) is 9.63 Å². The first-order valence-electron chi connectivity index (χ1n) is 4.94. The minimum absolute atomic E-state index is 0.0262. The second-order valence-electron chi connectivity index (χ2n) is 3.38. The Morgan fingerprint density at radius 3 is 3.00 bits per heavy atom. The van der Waals surface area contributed by atoms with E-state index in [1.807, 2.05) is 0 Å². The van der Waals surface area contributed by atoms with Gasteiger partial charge in [-0.25, -0.2) is 4.39 Å². The number of aliphatic hydroxyl groups is 1. The summed E-state index contributed by atoms with van der Waals surface area (Å²) in [5.41, 5.74) is 0.788. The molecule has 0 bridgehead atoms. The number of hydrogen-bond donors (Lipinski definition) is 1. The van der Waals surface area contributed by atoms with Crippen LogP contribution in [0.4, 0.5) is 4.39 Å². The number of nitrogens with zero attached hydrogens (tertiary/aromatic N) is 2. The van der Waals surface area contributed by atoms with Crippen LogP contribution < -0.4 is 0 Å². The fourth-order valence-electron chi connectivity index (χ4n) is 1.39. The SMILES string of the molecule is OCCc1nc(Cc2cccc(F)c2)no1. The van der Waals surface area contributed by atoms with Gasteiger partial charge in [0.1, 0.15) is 5.82 Å². The Morgan fingerprint density at radius 2 is 2.25 bits per heavy atom. The summed E-state index contributed by atoms with van der Waals surface area (Å²) in [4.78, 5) is 4.06. The molecule has 0 radical (unpaired) electrons. The van der Waals surface area contributed by atoms with Crippen LogP contribution in [-0.4, -0.2) is 21.9 Å². The van der Waals surface area contributed by atoms with E-state index >= 15 is 0 Å². The molecule has 0 saturated carbocycles. The third-order valence-corrected chi connectivity index (χ3v) is 2.09. The van der Waals surface area contributed by atoms with Crippen molar-refractivity contribution in [3.63, 3.8) is 0 Å². The zero-order valence-electron chi connectivity index (χ0n) is 8.56. The topological polar surface area (TPSA) is 59.2 Å². The van der Waals surface area contributed by atoms with Crippen LogP contribution in [0.3, 0.4) is 0 Å². The van der Waals surface area contributed by atoms with Gasteiger partial charge in [0.25, 0.3) is 0 Å². The molecule has 0 aliphatic rings. The standard InChI is InChI=1S/C11H11FN2O2/c12-9-3-1-2-8(6-9)7-10-13-11(4-5-15)16-14-10/h1-3,6,15H,4-5,7H2. The van der Waals surface area contributed by atoms with E-state index in [1.165, 1.54) is 12.1 Å². The summed E-state index contributed by atoms with van der Waals surface area (Å²) in [6.07, 6.45) is 0.767. The number of benzene rings is 1. The van der Waals surface area contributed by atoms with Crippen LogP contribution in [0.15, 0.2) is 28.8 Å². The van der Waals surface area contributed by atoms with E-state index < -0.39 is 0 Å². The second-order valence-corrected chi connectivity index (χ2v) is 3.38. The Morgan fingerprint density at radius 1 is 1.38 bits per heavy atom. The van der Waals surface area contributed by atoms with Gasteiger partial charge < -0.3 is 9.63 Å². The van der Waals surface area contributed by atoms with Crippen LogP contribution in [0.5, 0.6) is 0 Å². The van der Waals surface area contributed by atoms with Crippen molar-refractivity contribution in [2.75, 3.05) is 6.61 Å². The quantitative estimate of drug-likeness (QED) is 0.847. The van der Waals surface area contributed by atoms with Gasteiger partial charge in [0.05, 0.1) is 13.0 Å². The fraction of sp³-hybridized carbons (Fsp3) is 0.273. The van der Waals surface area contributed by atoms with E-state index in [-0.39, 0.29) is 12.4 Å². The first-order chi connectivity index (χ1) is 7.78. The molecule has 0 amide bonds. The molecule has 0 aliphatic carbocycles. The maximum atomic E-state index is 12.9. The maximum absolute atomic E-state index is 12.9. The van der Waals surface area contributed by atoms with Crippen LogP contribution >= 0.6 is 0 Å². The van der Waals surface area contributed by atoms with Crippen molar-refractivity contribution >= 4 is 0 Å². The van der Waals surface area contributed by atoms with Crippen molar-refractivity contribution < 1.29 is 14.0 Å². The predicted molar refractivity (Wildman–Crippen MR) is 54.3 cm³/mol. The highest BCUT2D eigenvalue weighted by molar-refractivity contribution is 5.19. The van der Waals surface area contributed by atoms with Gasteiger partial charge in [-0.3, -0.25) is 0 Å². The summed E-state index contributed by atoms with van der Waals surface area (Å²) in [6, 6.07) is 6.25. The minimum Gasteiger partial charge on any atom is -0.396 e. The van der Waals surface area contributed by atoms with E-state index in [0.29, 0.717) is 24.6 Å². The number of aromatic nitrogens is 2. The molecule has 2 rings (SSSR count). The zero-order chi connectivity index (χ0) is 11.4. The number of rotatable bonds is 4. The largest absolute Gasteiger partial charge is 0.396 e. The Bertz CT molecular complexity index is 471. The van der Waals surface area contributed by atoms with Gasteiger partial charge in [0.2, 0.25) is 5.89 Å². The second kappa shape index (κ2) is 4.85. The van der Waals surface area contributed by atoms with Crippen molar-refractivity contribution in [2.45, 2.75) is 12.8 Å². The van der Waals surface area contributed by atoms with Crippen molar-refractivity contribution in [3.05, 3.63) is 47.4 Å². The highest BCUT2D eigenvalue weighted by atomic mass is 19.1. The van der Waals surface area contributed by atoms with Crippen LogP contribution in [0.25, 0.3) is 0 Å². The van der Waals surface area contributed by atoms with Gasteiger partial charge in [0.15, 0.2) is 5.82 Å². The molecule has 1 aromatic heterocycles. The molecule has 0 atom stereocenters. The van der Waals surface area contributed by atoms with E-state index in [2.05, 4.69) is 10.1 Å². The molecule has 0 unspecified atom stereocenters. The summed E-state index contributed by atoms with van der Waals surface area (Å²) >= 11 is 0. The average Bonchev–Trinajstić information content (AvgIpc) is 2.66. The Hall–Kier alpha value is -1.75. The summed E-state index contributed by atoms with van der Waals surface area (Å²) in [7, 11) is 0. The molecule has 2 aromatic rings. The molecule has 0 fully saturated rings. The molecular weight excluding hydrogens is 211 g/mol. The van der Waals surface area contributed by atoms with Crippen molar-refractivity contribution in [3.8, 4) is 0 Å². The van der Waals surface area contributed by atoms with Crippen LogP contribution in [0.1, 0.15) is 17.3 Å². The molecule has 5 heteroatoms. The fourth-order valence-corrected chi connectivity index (χ4v) is 1.39. The molecule has 0 aliphatic heterocycles. The molecule has 1 heterocycles. The van der Waals surface area contributed by atoms with Crippen molar-refractivity contribution in [2.24, 2.45) is 0 Å². The molecule has 1 N–H and O–H groups in total. The average molecular weight is 222 g/mol. The molecule has 84 valence electrons. The smallest absolute Gasteiger partial charge is 0.228 e. The number of halogens is 1.